The predicted molar refractivity (Wildman–Crippen MR) is 98.6 cm³/mol. The van der Waals surface area contributed by atoms with E-state index < -0.39 is 0 Å². The molecule has 1 aliphatic rings. The molecule has 1 amide bonds. The summed E-state index contributed by atoms with van der Waals surface area (Å²) in [5.74, 6) is 1.37. The fourth-order valence-corrected chi connectivity index (χ4v) is 3.43. The van der Waals surface area contributed by atoms with Gasteiger partial charge in [0, 0.05) is 30.1 Å². The number of aromatic amines is 1. The van der Waals surface area contributed by atoms with E-state index in [2.05, 4.69) is 20.2 Å². The largest absolute Gasteiger partial charge is 0.338 e. The summed E-state index contributed by atoms with van der Waals surface area (Å²) >= 11 is 0. The van der Waals surface area contributed by atoms with Crippen LogP contribution in [0.2, 0.25) is 0 Å². The van der Waals surface area contributed by atoms with Gasteiger partial charge in [0.2, 0.25) is 0 Å². The highest BCUT2D eigenvalue weighted by atomic mass is 19.1. The third kappa shape index (κ3) is 3.72. The first kappa shape index (κ1) is 17.3. The van der Waals surface area contributed by atoms with Crippen LogP contribution >= 0.6 is 0 Å². The molecule has 27 heavy (non-hydrogen) atoms. The number of pyridine rings is 1. The molecule has 0 spiro atoms. The number of hydrogen-bond acceptors (Lipinski definition) is 4. The number of carbonyl (C=O) groups excluding carboxylic acids is 1. The third-order valence-corrected chi connectivity index (χ3v) is 4.84. The molecule has 0 saturated carbocycles. The first-order chi connectivity index (χ1) is 13.1. The Balaban J connectivity index is 1.48. The average molecular weight is 365 g/mol. The summed E-state index contributed by atoms with van der Waals surface area (Å²) in [5, 5.41) is 7.12. The van der Waals surface area contributed by atoms with Gasteiger partial charge in [0.05, 0.1) is 11.9 Å². The standard InChI is InChI=1S/C20H20FN5O/c1-13-23-19(25-24-13)16-3-2-10-26(12-16)20(27)15-6-4-14(5-7-15)18-9-8-17(21)11-22-18/h4-9,11,16H,2-3,10,12H2,1H3,(H,23,24,25). The summed E-state index contributed by atoms with van der Waals surface area (Å²) in [7, 11) is 0. The summed E-state index contributed by atoms with van der Waals surface area (Å²) < 4.78 is 13.0. The number of H-pyrrole nitrogens is 1. The number of halogens is 1. The van der Waals surface area contributed by atoms with Crippen LogP contribution in [0.15, 0.2) is 42.6 Å². The van der Waals surface area contributed by atoms with Crippen LogP contribution in [0.25, 0.3) is 11.3 Å². The van der Waals surface area contributed by atoms with Gasteiger partial charge < -0.3 is 4.90 Å². The third-order valence-electron chi connectivity index (χ3n) is 4.84. The van der Waals surface area contributed by atoms with Crippen LogP contribution in [0, 0.1) is 12.7 Å². The molecule has 138 valence electrons. The topological polar surface area (TPSA) is 74.8 Å². The number of aryl methyl sites for hydroxylation is 1. The van der Waals surface area contributed by atoms with E-state index in [9.17, 15) is 9.18 Å². The number of likely N-dealkylation sites (tertiary alicyclic amines) is 1. The van der Waals surface area contributed by atoms with Crippen molar-refractivity contribution >= 4 is 5.91 Å². The molecule has 0 bridgehead atoms. The Bertz CT molecular complexity index is 936. The van der Waals surface area contributed by atoms with Gasteiger partial charge in [0.15, 0.2) is 5.82 Å². The lowest BCUT2D eigenvalue weighted by Gasteiger charge is -2.31. The van der Waals surface area contributed by atoms with Crippen LogP contribution in [-0.2, 0) is 0 Å². The summed E-state index contributed by atoms with van der Waals surface area (Å²) in [6.45, 7) is 3.23. The van der Waals surface area contributed by atoms with Gasteiger partial charge in [-0.2, -0.15) is 5.10 Å². The molecule has 7 heteroatoms. The Kier molecular flexibility index (Phi) is 4.66. The number of aromatic nitrogens is 4. The molecule has 0 radical (unpaired) electrons. The number of benzene rings is 1. The molecule has 1 fully saturated rings. The van der Waals surface area contributed by atoms with E-state index in [-0.39, 0.29) is 17.6 Å². The Morgan fingerprint density at radius 2 is 2.04 bits per heavy atom. The van der Waals surface area contributed by atoms with Gasteiger partial charge in [-0.15, -0.1) is 0 Å². The van der Waals surface area contributed by atoms with E-state index in [1.54, 1.807) is 18.2 Å². The second-order valence-electron chi connectivity index (χ2n) is 6.81. The summed E-state index contributed by atoms with van der Waals surface area (Å²) in [4.78, 5) is 23.2. The van der Waals surface area contributed by atoms with Crippen molar-refractivity contribution in [3.05, 3.63) is 65.6 Å². The first-order valence-corrected chi connectivity index (χ1v) is 9.00. The number of carbonyl (C=O) groups is 1. The smallest absolute Gasteiger partial charge is 0.253 e. The van der Waals surface area contributed by atoms with Crippen LogP contribution in [0.4, 0.5) is 4.39 Å². The zero-order valence-corrected chi connectivity index (χ0v) is 15.0. The highest BCUT2D eigenvalue weighted by Gasteiger charge is 2.27. The molecule has 1 unspecified atom stereocenters. The minimum atomic E-state index is -0.369. The molecule has 2 aromatic heterocycles. The van der Waals surface area contributed by atoms with Gasteiger partial charge in [0.25, 0.3) is 5.91 Å². The van der Waals surface area contributed by atoms with E-state index in [1.165, 1.54) is 12.3 Å². The summed E-state index contributed by atoms with van der Waals surface area (Å²) in [5.41, 5.74) is 2.15. The number of piperidine rings is 1. The van der Waals surface area contributed by atoms with Gasteiger partial charge in [-0.05, 0) is 44.0 Å². The second-order valence-corrected chi connectivity index (χ2v) is 6.81. The van der Waals surface area contributed by atoms with E-state index >= 15 is 0 Å². The van der Waals surface area contributed by atoms with Crippen molar-refractivity contribution in [2.24, 2.45) is 0 Å². The highest BCUT2D eigenvalue weighted by Crippen LogP contribution is 2.26. The Labute approximate surface area is 156 Å². The van der Waals surface area contributed by atoms with E-state index in [0.29, 0.717) is 17.8 Å². The fraction of sp³-hybridized carbons (Fsp3) is 0.300. The Morgan fingerprint density at radius 1 is 1.22 bits per heavy atom. The van der Waals surface area contributed by atoms with Gasteiger partial charge in [-0.1, -0.05) is 12.1 Å². The second kappa shape index (κ2) is 7.26. The maximum absolute atomic E-state index is 13.0. The molecule has 1 atom stereocenters. The first-order valence-electron chi connectivity index (χ1n) is 9.00. The van der Waals surface area contributed by atoms with E-state index in [0.717, 1.165) is 36.6 Å². The highest BCUT2D eigenvalue weighted by molar-refractivity contribution is 5.94. The fourth-order valence-electron chi connectivity index (χ4n) is 3.43. The lowest BCUT2D eigenvalue weighted by molar-refractivity contribution is 0.0704. The molecule has 4 rings (SSSR count). The van der Waals surface area contributed by atoms with E-state index in [4.69, 9.17) is 0 Å². The van der Waals surface area contributed by atoms with Crippen LogP contribution < -0.4 is 0 Å². The molecular formula is C20H20FN5O. The number of hydrogen-bond donors (Lipinski definition) is 1. The van der Waals surface area contributed by atoms with Crippen molar-refractivity contribution in [2.45, 2.75) is 25.7 Å². The molecular weight excluding hydrogens is 345 g/mol. The van der Waals surface area contributed by atoms with Crippen LogP contribution in [0.1, 0.15) is 40.8 Å². The van der Waals surface area contributed by atoms with Crippen molar-refractivity contribution in [1.82, 2.24) is 25.1 Å². The summed E-state index contributed by atoms with van der Waals surface area (Å²) in [6.07, 6.45) is 3.10. The zero-order chi connectivity index (χ0) is 18.8. The van der Waals surface area contributed by atoms with Crippen molar-refractivity contribution < 1.29 is 9.18 Å². The van der Waals surface area contributed by atoms with Gasteiger partial charge >= 0.3 is 0 Å². The maximum atomic E-state index is 13.0. The molecule has 0 aliphatic carbocycles. The molecule has 6 nitrogen and oxygen atoms in total. The SMILES string of the molecule is Cc1nc(C2CCCN(C(=O)c3ccc(-c4ccc(F)cn4)cc3)C2)n[nH]1. The van der Waals surface area contributed by atoms with E-state index in [1.807, 2.05) is 24.0 Å². The Morgan fingerprint density at radius 3 is 2.70 bits per heavy atom. The van der Waals surface area contributed by atoms with Crippen molar-refractivity contribution in [1.29, 1.82) is 0 Å². The van der Waals surface area contributed by atoms with Gasteiger partial charge in [-0.3, -0.25) is 14.9 Å². The maximum Gasteiger partial charge on any atom is 0.253 e. The number of nitrogens with one attached hydrogen (secondary N) is 1. The molecule has 1 saturated heterocycles. The zero-order valence-electron chi connectivity index (χ0n) is 15.0. The lowest BCUT2D eigenvalue weighted by Crippen LogP contribution is -2.39. The summed E-state index contributed by atoms with van der Waals surface area (Å²) in [6, 6.07) is 10.3. The van der Waals surface area contributed by atoms with Gasteiger partial charge in [0.1, 0.15) is 11.6 Å². The van der Waals surface area contributed by atoms with Crippen molar-refractivity contribution in [3.8, 4) is 11.3 Å². The monoisotopic (exact) mass is 365 g/mol. The number of nitrogens with zero attached hydrogens (tertiary/aromatic N) is 4. The Hall–Kier alpha value is -3.09. The number of amides is 1. The minimum absolute atomic E-state index is 0.00516. The molecule has 1 N–H and O–H groups in total. The normalized spacial score (nSPS) is 17.1. The quantitative estimate of drug-likeness (QED) is 0.772. The molecule has 1 aliphatic heterocycles. The van der Waals surface area contributed by atoms with Crippen LogP contribution in [-0.4, -0.2) is 44.1 Å². The molecule has 1 aromatic carbocycles. The van der Waals surface area contributed by atoms with Gasteiger partial charge in [-0.25, -0.2) is 9.37 Å². The lowest BCUT2D eigenvalue weighted by atomic mass is 9.96. The average Bonchev–Trinajstić information content (AvgIpc) is 3.15. The number of rotatable bonds is 3. The molecule has 3 heterocycles. The minimum Gasteiger partial charge on any atom is -0.338 e. The van der Waals surface area contributed by atoms with Crippen LogP contribution in [0.3, 0.4) is 0 Å². The van der Waals surface area contributed by atoms with Crippen LogP contribution in [0.5, 0.6) is 0 Å². The van der Waals surface area contributed by atoms with Crippen molar-refractivity contribution in [3.63, 3.8) is 0 Å². The molecule has 3 aromatic rings. The predicted octanol–water partition coefficient (Wildman–Crippen LogP) is 3.33. The van der Waals surface area contributed by atoms with Crippen molar-refractivity contribution in [2.75, 3.05) is 13.1 Å².